The van der Waals surface area contributed by atoms with Gasteiger partial charge in [0.1, 0.15) is 5.82 Å². The molecule has 0 saturated carbocycles. The van der Waals surface area contributed by atoms with E-state index >= 15 is 0 Å². The van der Waals surface area contributed by atoms with Crippen LogP contribution in [0.15, 0.2) is 11.4 Å². The van der Waals surface area contributed by atoms with Gasteiger partial charge in [-0.2, -0.15) is 0 Å². The zero-order valence-electron chi connectivity index (χ0n) is 8.61. The number of hydrogen-bond acceptors (Lipinski definition) is 3. The Morgan fingerprint density at radius 3 is 2.46 bits per heavy atom. The van der Waals surface area contributed by atoms with Crippen LogP contribution in [0.3, 0.4) is 0 Å². The average molecular weight is 199 g/mol. The van der Waals surface area contributed by atoms with Gasteiger partial charge in [-0.05, 0) is 13.8 Å². The van der Waals surface area contributed by atoms with Crippen LogP contribution in [0.1, 0.15) is 33.7 Å². The van der Waals surface area contributed by atoms with E-state index in [2.05, 4.69) is 37.2 Å². The van der Waals surface area contributed by atoms with E-state index in [0.29, 0.717) is 11.3 Å². The second-order valence-electron chi connectivity index (χ2n) is 3.60. The fourth-order valence-corrected chi connectivity index (χ4v) is 2.14. The summed E-state index contributed by atoms with van der Waals surface area (Å²) in [4.78, 5) is 4.28. The summed E-state index contributed by atoms with van der Waals surface area (Å²) in [5.41, 5.74) is 5.81. The zero-order valence-corrected chi connectivity index (χ0v) is 9.43. The zero-order chi connectivity index (χ0) is 10.0. The summed E-state index contributed by atoms with van der Waals surface area (Å²) in [5.74, 6) is 0.748. The van der Waals surface area contributed by atoms with Gasteiger partial charge in [-0.25, -0.2) is 4.98 Å². The Morgan fingerprint density at radius 2 is 2.00 bits per heavy atom. The summed E-state index contributed by atoms with van der Waals surface area (Å²) in [7, 11) is 0. The van der Waals surface area contributed by atoms with E-state index in [-0.39, 0.29) is 0 Å². The number of hydrogen-bond donors (Lipinski definition) is 1. The van der Waals surface area contributed by atoms with E-state index in [4.69, 9.17) is 5.73 Å². The summed E-state index contributed by atoms with van der Waals surface area (Å²) in [6.45, 7) is 8.53. The summed E-state index contributed by atoms with van der Waals surface area (Å²) >= 11 is 1.75. The van der Waals surface area contributed by atoms with Gasteiger partial charge in [0.15, 0.2) is 5.16 Å². The third kappa shape index (κ3) is 2.40. The lowest BCUT2D eigenvalue weighted by atomic mass is 10.4. The summed E-state index contributed by atoms with van der Waals surface area (Å²) in [6, 6.07) is 0.378. The van der Waals surface area contributed by atoms with Crippen molar-refractivity contribution in [3.05, 3.63) is 6.20 Å². The SMILES string of the molecule is CC(C)Sc1ncc(N)n1C(C)C. The molecule has 1 aromatic heterocycles. The third-order valence-electron chi connectivity index (χ3n) is 1.65. The molecule has 1 aromatic rings. The van der Waals surface area contributed by atoms with Crippen LogP contribution in [0.4, 0.5) is 5.82 Å². The van der Waals surface area contributed by atoms with Crippen LogP contribution in [-0.2, 0) is 0 Å². The van der Waals surface area contributed by atoms with Crippen molar-refractivity contribution in [1.29, 1.82) is 0 Å². The third-order valence-corrected chi connectivity index (χ3v) is 2.63. The molecule has 2 N–H and O–H groups in total. The molecule has 13 heavy (non-hydrogen) atoms. The first-order valence-electron chi connectivity index (χ1n) is 4.51. The van der Waals surface area contributed by atoms with Gasteiger partial charge in [-0.1, -0.05) is 25.6 Å². The lowest BCUT2D eigenvalue weighted by Crippen LogP contribution is -2.07. The molecule has 0 aliphatic rings. The quantitative estimate of drug-likeness (QED) is 0.761. The van der Waals surface area contributed by atoms with Crippen LogP contribution in [0.25, 0.3) is 0 Å². The predicted octanol–water partition coefficient (Wildman–Crippen LogP) is 2.55. The molecule has 0 unspecified atom stereocenters. The summed E-state index contributed by atoms with van der Waals surface area (Å²) in [5, 5.41) is 1.56. The second kappa shape index (κ2) is 4.05. The van der Waals surface area contributed by atoms with Crippen molar-refractivity contribution in [3.8, 4) is 0 Å². The van der Waals surface area contributed by atoms with Crippen molar-refractivity contribution in [2.75, 3.05) is 5.73 Å². The molecule has 1 heterocycles. The molecule has 0 aromatic carbocycles. The van der Waals surface area contributed by atoms with Gasteiger partial charge in [-0.15, -0.1) is 0 Å². The van der Waals surface area contributed by atoms with Crippen molar-refractivity contribution in [2.45, 2.75) is 44.1 Å². The van der Waals surface area contributed by atoms with E-state index in [9.17, 15) is 0 Å². The molecule has 0 aliphatic heterocycles. The minimum Gasteiger partial charge on any atom is -0.384 e. The molecule has 0 spiro atoms. The fourth-order valence-electron chi connectivity index (χ4n) is 1.17. The second-order valence-corrected chi connectivity index (χ2v) is 5.14. The Morgan fingerprint density at radius 1 is 1.38 bits per heavy atom. The first kappa shape index (κ1) is 10.4. The van der Waals surface area contributed by atoms with Crippen LogP contribution in [0.2, 0.25) is 0 Å². The molecule has 74 valence electrons. The molecule has 0 aliphatic carbocycles. The Balaban J connectivity index is 2.94. The van der Waals surface area contributed by atoms with E-state index in [1.807, 2.05) is 0 Å². The number of rotatable bonds is 3. The summed E-state index contributed by atoms with van der Waals surface area (Å²) in [6.07, 6.45) is 1.73. The first-order valence-corrected chi connectivity index (χ1v) is 5.39. The highest BCUT2D eigenvalue weighted by atomic mass is 32.2. The minimum absolute atomic E-state index is 0.378. The normalized spacial score (nSPS) is 11.5. The molecular formula is C9H17N3S. The van der Waals surface area contributed by atoms with Crippen LogP contribution in [-0.4, -0.2) is 14.8 Å². The molecule has 0 radical (unpaired) electrons. The van der Waals surface area contributed by atoms with Crippen LogP contribution >= 0.6 is 11.8 Å². The highest BCUT2D eigenvalue weighted by Crippen LogP contribution is 2.26. The lowest BCUT2D eigenvalue weighted by molar-refractivity contribution is 0.556. The van der Waals surface area contributed by atoms with Gasteiger partial charge in [0.2, 0.25) is 0 Å². The molecule has 3 nitrogen and oxygen atoms in total. The van der Waals surface area contributed by atoms with Crippen molar-refractivity contribution >= 4 is 17.6 Å². The number of nitrogens with two attached hydrogens (primary N) is 1. The highest BCUT2D eigenvalue weighted by molar-refractivity contribution is 7.99. The van der Waals surface area contributed by atoms with Gasteiger partial charge >= 0.3 is 0 Å². The van der Waals surface area contributed by atoms with Gasteiger partial charge in [0.05, 0.1) is 6.20 Å². The number of nitrogens with zero attached hydrogens (tertiary/aromatic N) is 2. The van der Waals surface area contributed by atoms with Crippen LogP contribution in [0, 0.1) is 0 Å². The number of thioether (sulfide) groups is 1. The van der Waals surface area contributed by atoms with Crippen molar-refractivity contribution < 1.29 is 0 Å². The fraction of sp³-hybridized carbons (Fsp3) is 0.667. The monoisotopic (exact) mass is 199 g/mol. The number of nitrogen functional groups attached to an aromatic ring is 1. The van der Waals surface area contributed by atoms with E-state index in [1.54, 1.807) is 18.0 Å². The Labute approximate surface area is 83.7 Å². The minimum atomic E-state index is 0.378. The maximum absolute atomic E-state index is 5.81. The lowest BCUT2D eigenvalue weighted by Gasteiger charge is -2.13. The average Bonchev–Trinajstić information content (AvgIpc) is 2.30. The van der Waals surface area contributed by atoms with Gasteiger partial charge < -0.3 is 10.3 Å². The molecule has 0 saturated heterocycles. The van der Waals surface area contributed by atoms with E-state index < -0.39 is 0 Å². The molecule has 0 fully saturated rings. The van der Waals surface area contributed by atoms with Gasteiger partial charge in [0.25, 0.3) is 0 Å². The number of imidazole rings is 1. The van der Waals surface area contributed by atoms with Crippen molar-refractivity contribution in [1.82, 2.24) is 9.55 Å². The standard InChI is InChI=1S/C9H17N3S/c1-6(2)12-8(10)5-11-9(12)13-7(3)4/h5-7H,10H2,1-4H3. The van der Waals surface area contributed by atoms with E-state index in [0.717, 1.165) is 11.0 Å². The Hall–Kier alpha value is -0.640. The largest absolute Gasteiger partial charge is 0.384 e. The van der Waals surface area contributed by atoms with Crippen molar-refractivity contribution in [3.63, 3.8) is 0 Å². The first-order chi connectivity index (χ1) is 6.02. The molecule has 1 rings (SSSR count). The highest BCUT2D eigenvalue weighted by Gasteiger charge is 2.11. The summed E-state index contributed by atoms with van der Waals surface area (Å²) < 4.78 is 2.06. The van der Waals surface area contributed by atoms with Gasteiger partial charge in [-0.3, -0.25) is 0 Å². The predicted molar refractivity (Wildman–Crippen MR) is 58.0 cm³/mol. The molecule has 4 heteroatoms. The smallest absolute Gasteiger partial charge is 0.170 e. The Bertz CT molecular complexity index is 278. The van der Waals surface area contributed by atoms with Crippen molar-refractivity contribution in [2.24, 2.45) is 0 Å². The molecule has 0 amide bonds. The molecule has 0 bridgehead atoms. The number of anilines is 1. The number of aromatic nitrogens is 2. The topological polar surface area (TPSA) is 43.8 Å². The molecular weight excluding hydrogens is 182 g/mol. The van der Waals surface area contributed by atoms with Crippen LogP contribution < -0.4 is 5.73 Å². The van der Waals surface area contributed by atoms with E-state index in [1.165, 1.54) is 0 Å². The Kier molecular flexibility index (Phi) is 3.25. The maximum Gasteiger partial charge on any atom is 0.170 e. The van der Waals surface area contributed by atoms with Crippen LogP contribution in [0.5, 0.6) is 0 Å². The molecule has 0 atom stereocenters. The maximum atomic E-state index is 5.81. The van der Waals surface area contributed by atoms with Gasteiger partial charge in [0, 0.05) is 11.3 Å².